The first-order valence-electron chi connectivity index (χ1n) is 6.07. The Labute approximate surface area is 90.7 Å². The standard InChI is InChI=1S/C12H19N3/c1-8-11-6-5-10(13)7-15(11)12(14-8)9-3-2-4-9/h9-10H,2-7,13H2,1H3. The molecule has 0 bridgehead atoms. The molecule has 3 heteroatoms. The maximum atomic E-state index is 6.04. The fourth-order valence-corrected chi connectivity index (χ4v) is 2.78. The second kappa shape index (κ2) is 3.34. The first-order chi connectivity index (χ1) is 7.25. The quantitative estimate of drug-likeness (QED) is 0.759. The van der Waals surface area contributed by atoms with Crippen molar-refractivity contribution in [3.8, 4) is 0 Å². The van der Waals surface area contributed by atoms with Crippen LogP contribution in [-0.2, 0) is 13.0 Å². The van der Waals surface area contributed by atoms with E-state index in [9.17, 15) is 0 Å². The molecule has 3 rings (SSSR count). The molecule has 1 aromatic heterocycles. The molecule has 1 saturated carbocycles. The first kappa shape index (κ1) is 9.40. The fourth-order valence-electron chi connectivity index (χ4n) is 2.78. The van der Waals surface area contributed by atoms with Crippen LogP contribution in [-0.4, -0.2) is 15.6 Å². The average molecular weight is 205 g/mol. The highest BCUT2D eigenvalue weighted by Gasteiger charge is 2.29. The normalized spacial score (nSPS) is 26.1. The van der Waals surface area contributed by atoms with Gasteiger partial charge in [0.25, 0.3) is 0 Å². The largest absolute Gasteiger partial charge is 0.330 e. The van der Waals surface area contributed by atoms with Gasteiger partial charge in [0.15, 0.2) is 0 Å². The van der Waals surface area contributed by atoms with Crippen LogP contribution in [0.1, 0.15) is 48.8 Å². The number of nitrogens with two attached hydrogens (primary N) is 1. The molecule has 1 fully saturated rings. The second-order valence-electron chi connectivity index (χ2n) is 5.04. The molecule has 0 saturated heterocycles. The topological polar surface area (TPSA) is 43.8 Å². The van der Waals surface area contributed by atoms with Gasteiger partial charge in [-0.1, -0.05) is 6.42 Å². The van der Waals surface area contributed by atoms with Gasteiger partial charge in [-0.2, -0.15) is 0 Å². The van der Waals surface area contributed by atoms with Gasteiger partial charge in [-0.25, -0.2) is 4.98 Å². The van der Waals surface area contributed by atoms with Gasteiger partial charge in [0.05, 0.1) is 5.69 Å². The van der Waals surface area contributed by atoms with Crippen LogP contribution in [0.25, 0.3) is 0 Å². The van der Waals surface area contributed by atoms with Crippen molar-refractivity contribution in [2.45, 2.75) is 57.5 Å². The van der Waals surface area contributed by atoms with E-state index in [1.165, 1.54) is 36.5 Å². The van der Waals surface area contributed by atoms with E-state index in [0.29, 0.717) is 6.04 Å². The van der Waals surface area contributed by atoms with Crippen LogP contribution < -0.4 is 5.73 Å². The molecule has 2 N–H and O–H groups in total. The first-order valence-corrected chi connectivity index (χ1v) is 6.07. The third-order valence-electron chi connectivity index (χ3n) is 3.94. The number of fused-ring (bicyclic) bond motifs is 1. The zero-order chi connectivity index (χ0) is 10.4. The molecule has 2 aliphatic rings. The molecular weight excluding hydrogens is 186 g/mol. The SMILES string of the molecule is Cc1nc(C2CCC2)n2c1CCC(N)C2. The lowest BCUT2D eigenvalue weighted by Gasteiger charge is -2.29. The van der Waals surface area contributed by atoms with Gasteiger partial charge in [0, 0.05) is 24.2 Å². The van der Waals surface area contributed by atoms with E-state index in [0.717, 1.165) is 25.3 Å². The molecule has 0 aromatic carbocycles. The molecular formula is C12H19N3. The lowest BCUT2D eigenvalue weighted by molar-refractivity contribution is 0.365. The Morgan fingerprint density at radius 1 is 1.33 bits per heavy atom. The highest BCUT2D eigenvalue weighted by atomic mass is 15.1. The lowest BCUT2D eigenvalue weighted by Crippen LogP contribution is -2.33. The summed E-state index contributed by atoms with van der Waals surface area (Å²) in [5.74, 6) is 2.05. The molecule has 2 heterocycles. The van der Waals surface area contributed by atoms with E-state index >= 15 is 0 Å². The van der Waals surface area contributed by atoms with Gasteiger partial charge in [0.1, 0.15) is 5.82 Å². The molecule has 0 radical (unpaired) electrons. The Morgan fingerprint density at radius 2 is 2.13 bits per heavy atom. The minimum atomic E-state index is 0.338. The van der Waals surface area contributed by atoms with Crippen LogP contribution in [0, 0.1) is 6.92 Å². The molecule has 1 aliphatic heterocycles. The average Bonchev–Trinajstić information content (AvgIpc) is 2.41. The van der Waals surface area contributed by atoms with Crippen molar-refractivity contribution in [1.82, 2.24) is 9.55 Å². The number of hydrogen-bond acceptors (Lipinski definition) is 2. The molecule has 1 unspecified atom stereocenters. The summed E-state index contributed by atoms with van der Waals surface area (Å²) in [5.41, 5.74) is 8.72. The zero-order valence-electron chi connectivity index (χ0n) is 9.37. The lowest BCUT2D eigenvalue weighted by atomic mass is 9.84. The van der Waals surface area contributed by atoms with E-state index < -0.39 is 0 Å². The maximum Gasteiger partial charge on any atom is 0.112 e. The number of rotatable bonds is 1. The van der Waals surface area contributed by atoms with Crippen molar-refractivity contribution >= 4 is 0 Å². The van der Waals surface area contributed by atoms with Crippen molar-refractivity contribution in [2.24, 2.45) is 5.73 Å². The van der Waals surface area contributed by atoms with E-state index in [1.807, 2.05) is 0 Å². The summed E-state index contributed by atoms with van der Waals surface area (Å²) >= 11 is 0. The van der Waals surface area contributed by atoms with Crippen molar-refractivity contribution in [1.29, 1.82) is 0 Å². The summed E-state index contributed by atoms with van der Waals surface area (Å²) in [5, 5.41) is 0. The van der Waals surface area contributed by atoms with Crippen LogP contribution in [0.5, 0.6) is 0 Å². The number of aryl methyl sites for hydroxylation is 1. The van der Waals surface area contributed by atoms with Crippen LogP contribution in [0.2, 0.25) is 0 Å². The number of imidazole rings is 1. The number of aromatic nitrogens is 2. The maximum absolute atomic E-state index is 6.04. The molecule has 0 spiro atoms. The fraction of sp³-hybridized carbons (Fsp3) is 0.750. The summed E-state index contributed by atoms with van der Waals surface area (Å²) in [6.45, 7) is 3.13. The molecule has 0 amide bonds. The Kier molecular flexibility index (Phi) is 2.09. The zero-order valence-corrected chi connectivity index (χ0v) is 9.37. The highest BCUT2D eigenvalue weighted by Crippen LogP contribution is 2.37. The van der Waals surface area contributed by atoms with Gasteiger partial charge in [-0.15, -0.1) is 0 Å². The molecule has 3 nitrogen and oxygen atoms in total. The molecule has 1 aromatic rings. The molecule has 1 aliphatic carbocycles. The Bertz CT molecular complexity index is 376. The van der Waals surface area contributed by atoms with Crippen LogP contribution in [0.4, 0.5) is 0 Å². The summed E-state index contributed by atoms with van der Waals surface area (Å²) in [6.07, 6.45) is 6.26. The van der Waals surface area contributed by atoms with Crippen LogP contribution in [0.15, 0.2) is 0 Å². The molecule has 1 atom stereocenters. The summed E-state index contributed by atoms with van der Waals surface area (Å²) < 4.78 is 2.41. The molecule has 15 heavy (non-hydrogen) atoms. The third-order valence-corrected chi connectivity index (χ3v) is 3.94. The predicted molar refractivity (Wildman–Crippen MR) is 59.9 cm³/mol. The third kappa shape index (κ3) is 1.41. The van der Waals surface area contributed by atoms with Crippen LogP contribution >= 0.6 is 0 Å². The van der Waals surface area contributed by atoms with Crippen LogP contribution in [0.3, 0.4) is 0 Å². The Balaban J connectivity index is 2.00. The minimum Gasteiger partial charge on any atom is -0.330 e. The predicted octanol–water partition coefficient (Wildman–Crippen LogP) is 1.73. The second-order valence-corrected chi connectivity index (χ2v) is 5.04. The Morgan fingerprint density at radius 3 is 2.80 bits per heavy atom. The van der Waals surface area contributed by atoms with E-state index in [1.54, 1.807) is 0 Å². The van der Waals surface area contributed by atoms with E-state index in [4.69, 9.17) is 10.7 Å². The highest BCUT2D eigenvalue weighted by molar-refractivity contribution is 5.21. The van der Waals surface area contributed by atoms with Crippen molar-refractivity contribution in [3.05, 3.63) is 17.2 Å². The monoisotopic (exact) mass is 205 g/mol. The van der Waals surface area contributed by atoms with Gasteiger partial charge in [-0.3, -0.25) is 0 Å². The van der Waals surface area contributed by atoms with Crippen molar-refractivity contribution in [3.63, 3.8) is 0 Å². The van der Waals surface area contributed by atoms with Crippen molar-refractivity contribution < 1.29 is 0 Å². The van der Waals surface area contributed by atoms with E-state index in [2.05, 4.69) is 11.5 Å². The number of hydrogen-bond donors (Lipinski definition) is 1. The van der Waals surface area contributed by atoms with E-state index in [-0.39, 0.29) is 0 Å². The van der Waals surface area contributed by atoms with Crippen molar-refractivity contribution in [2.75, 3.05) is 0 Å². The smallest absolute Gasteiger partial charge is 0.112 e. The summed E-state index contributed by atoms with van der Waals surface area (Å²) in [6, 6.07) is 0.338. The van der Waals surface area contributed by atoms with Gasteiger partial charge >= 0.3 is 0 Å². The Hall–Kier alpha value is -0.830. The van der Waals surface area contributed by atoms with Gasteiger partial charge in [0.2, 0.25) is 0 Å². The minimum absolute atomic E-state index is 0.338. The van der Waals surface area contributed by atoms with Gasteiger partial charge < -0.3 is 10.3 Å². The number of nitrogens with zero attached hydrogens (tertiary/aromatic N) is 2. The summed E-state index contributed by atoms with van der Waals surface area (Å²) in [7, 11) is 0. The van der Waals surface area contributed by atoms with Gasteiger partial charge in [-0.05, 0) is 32.6 Å². The molecule has 82 valence electrons. The summed E-state index contributed by atoms with van der Waals surface area (Å²) in [4.78, 5) is 4.76.